The standard InChI is InChI=1S/C13H13ClFN/c1-7(2)10-6-16-12-5-9(15)4-11(14)13(12)8(10)3/h4-7H,1-3H3. The van der Waals surface area contributed by atoms with Crippen LogP contribution in [0.5, 0.6) is 0 Å². The lowest BCUT2D eigenvalue weighted by atomic mass is 9.97. The van der Waals surface area contributed by atoms with Gasteiger partial charge < -0.3 is 0 Å². The van der Waals surface area contributed by atoms with Gasteiger partial charge in [0.2, 0.25) is 0 Å². The molecule has 2 rings (SSSR count). The molecule has 0 spiro atoms. The van der Waals surface area contributed by atoms with Gasteiger partial charge in [-0.3, -0.25) is 4.98 Å². The van der Waals surface area contributed by atoms with Crippen LogP contribution in [0.1, 0.15) is 30.9 Å². The summed E-state index contributed by atoms with van der Waals surface area (Å²) in [4.78, 5) is 4.26. The molecule has 0 aliphatic rings. The summed E-state index contributed by atoms with van der Waals surface area (Å²) in [6.07, 6.45) is 1.80. The predicted octanol–water partition coefficient (Wildman–Crippen LogP) is 4.46. The number of halogens is 2. The van der Waals surface area contributed by atoms with Gasteiger partial charge in [-0.1, -0.05) is 25.4 Å². The maximum atomic E-state index is 13.2. The Bertz CT molecular complexity index is 549. The van der Waals surface area contributed by atoms with E-state index < -0.39 is 0 Å². The molecule has 1 nitrogen and oxygen atoms in total. The van der Waals surface area contributed by atoms with E-state index in [0.29, 0.717) is 16.5 Å². The second-order valence-electron chi connectivity index (χ2n) is 4.27. The minimum Gasteiger partial charge on any atom is -0.256 e. The zero-order valence-electron chi connectivity index (χ0n) is 9.51. The van der Waals surface area contributed by atoms with Crippen LogP contribution < -0.4 is 0 Å². The van der Waals surface area contributed by atoms with Gasteiger partial charge in [0.25, 0.3) is 0 Å². The van der Waals surface area contributed by atoms with Crippen molar-refractivity contribution < 1.29 is 4.39 Å². The Hall–Kier alpha value is -1.15. The normalized spacial score (nSPS) is 11.4. The Balaban J connectivity index is 2.84. The Labute approximate surface area is 99.3 Å². The average molecular weight is 238 g/mol. The zero-order chi connectivity index (χ0) is 11.9. The van der Waals surface area contributed by atoms with E-state index in [9.17, 15) is 4.39 Å². The molecule has 0 N–H and O–H groups in total. The second kappa shape index (κ2) is 4.02. The fourth-order valence-corrected chi connectivity index (χ4v) is 2.34. The number of rotatable bonds is 1. The van der Waals surface area contributed by atoms with Crippen molar-refractivity contribution in [2.45, 2.75) is 26.7 Å². The first-order valence-corrected chi connectivity index (χ1v) is 5.62. The number of hydrogen-bond donors (Lipinski definition) is 0. The van der Waals surface area contributed by atoms with Crippen molar-refractivity contribution in [2.24, 2.45) is 0 Å². The lowest BCUT2D eigenvalue weighted by Crippen LogP contribution is -1.96. The molecular weight excluding hydrogens is 225 g/mol. The number of hydrogen-bond acceptors (Lipinski definition) is 1. The molecule has 0 saturated heterocycles. The van der Waals surface area contributed by atoms with Gasteiger partial charge in [0.05, 0.1) is 10.5 Å². The zero-order valence-corrected chi connectivity index (χ0v) is 10.3. The molecule has 0 aliphatic heterocycles. The minimum atomic E-state index is -0.346. The molecule has 84 valence electrons. The lowest BCUT2D eigenvalue weighted by Gasteiger charge is -2.12. The number of aryl methyl sites for hydroxylation is 1. The van der Waals surface area contributed by atoms with Crippen LogP contribution in [0.3, 0.4) is 0 Å². The molecular formula is C13H13ClFN. The average Bonchev–Trinajstić information content (AvgIpc) is 2.15. The summed E-state index contributed by atoms with van der Waals surface area (Å²) in [6.45, 7) is 6.21. The van der Waals surface area contributed by atoms with Crippen molar-refractivity contribution in [1.29, 1.82) is 0 Å². The van der Waals surface area contributed by atoms with E-state index in [1.807, 2.05) is 6.92 Å². The summed E-state index contributed by atoms with van der Waals surface area (Å²) in [5.74, 6) is 0.0414. The number of fused-ring (bicyclic) bond motifs is 1. The smallest absolute Gasteiger partial charge is 0.126 e. The first-order chi connectivity index (χ1) is 7.50. The van der Waals surface area contributed by atoms with Gasteiger partial charge in [-0.05, 0) is 30.0 Å². The molecule has 1 heterocycles. The number of pyridine rings is 1. The van der Waals surface area contributed by atoms with Crippen LogP contribution in [0.2, 0.25) is 5.02 Å². The molecule has 0 bridgehead atoms. The topological polar surface area (TPSA) is 12.9 Å². The minimum absolute atomic E-state index is 0.346. The maximum Gasteiger partial charge on any atom is 0.126 e. The molecule has 0 atom stereocenters. The third-order valence-electron chi connectivity index (χ3n) is 2.81. The molecule has 3 heteroatoms. The van der Waals surface area contributed by atoms with Crippen LogP contribution in [-0.4, -0.2) is 4.98 Å². The van der Waals surface area contributed by atoms with Gasteiger partial charge in [-0.2, -0.15) is 0 Å². The number of benzene rings is 1. The highest BCUT2D eigenvalue weighted by molar-refractivity contribution is 6.35. The summed E-state index contributed by atoms with van der Waals surface area (Å²) >= 11 is 6.06. The van der Waals surface area contributed by atoms with Crippen molar-refractivity contribution in [3.05, 3.63) is 40.3 Å². The van der Waals surface area contributed by atoms with Crippen LogP contribution in [0, 0.1) is 12.7 Å². The largest absolute Gasteiger partial charge is 0.256 e. The molecule has 1 aromatic heterocycles. The Kier molecular flexibility index (Phi) is 2.85. The highest BCUT2D eigenvalue weighted by atomic mass is 35.5. The maximum absolute atomic E-state index is 13.2. The van der Waals surface area contributed by atoms with Crippen LogP contribution in [0.15, 0.2) is 18.3 Å². The molecule has 0 fully saturated rings. The molecule has 0 radical (unpaired) electrons. The van der Waals surface area contributed by atoms with Crippen molar-refractivity contribution in [3.63, 3.8) is 0 Å². The molecule has 0 unspecified atom stereocenters. The van der Waals surface area contributed by atoms with Gasteiger partial charge in [0.1, 0.15) is 5.82 Å². The molecule has 1 aromatic carbocycles. The molecule has 0 amide bonds. The van der Waals surface area contributed by atoms with E-state index >= 15 is 0 Å². The van der Waals surface area contributed by atoms with Crippen molar-refractivity contribution in [1.82, 2.24) is 4.98 Å². The van der Waals surface area contributed by atoms with Crippen LogP contribution >= 0.6 is 11.6 Å². The first-order valence-electron chi connectivity index (χ1n) is 5.25. The summed E-state index contributed by atoms with van der Waals surface area (Å²) in [5, 5.41) is 1.29. The third kappa shape index (κ3) is 1.78. The van der Waals surface area contributed by atoms with E-state index in [1.165, 1.54) is 12.1 Å². The van der Waals surface area contributed by atoms with Crippen LogP contribution in [0.4, 0.5) is 4.39 Å². The van der Waals surface area contributed by atoms with Gasteiger partial charge in [0, 0.05) is 17.6 Å². The summed E-state index contributed by atoms with van der Waals surface area (Å²) in [5.41, 5.74) is 2.86. The first kappa shape index (κ1) is 11.3. The SMILES string of the molecule is Cc1c(C(C)C)cnc2cc(F)cc(Cl)c12. The molecule has 16 heavy (non-hydrogen) atoms. The van der Waals surface area contributed by atoms with E-state index in [-0.39, 0.29) is 5.82 Å². The van der Waals surface area contributed by atoms with Crippen LogP contribution in [-0.2, 0) is 0 Å². The number of nitrogens with zero attached hydrogens (tertiary/aromatic N) is 1. The van der Waals surface area contributed by atoms with E-state index in [2.05, 4.69) is 18.8 Å². The second-order valence-corrected chi connectivity index (χ2v) is 4.68. The van der Waals surface area contributed by atoms with E-state index in [0.717, 1.165) is 16.5 Å². The molecule has 0 saturated carbocycles. The van der Waals surface area contributed by atoms with Crippen molar-refractivity contribution in [3.8, 4) is 0 Å². The fraction of sp³-hybridized carbons (Fsp3) is 0.308. The highest BCUT2D eigenvalue weighted by Crippen LogP contribution is 2.30. The highest BCUT2D eigenvalue weighted by Gasteiger charge is 2.11. The van der Waals surface area contributed by atoms with Gasteiger partial charge in [-0.15, -0.1) is 0 Å². The van der Waals surface area contributed by atoms with Crippen molar-refractivity contribution >= 4 is 22.5 Å². The van der Waals surface area contributed by atoms with E-state index in [1.54, 1.807) is 6.20 Å². The van der Waals surface area contributed by atoms with Gasteiger partial charge >= 0.3 is 0 Å². The van der Waals surface area contributed by atoms with Gasteiger partial charge in [0.15, 0.2) is 0 Å². The lowest BCUT2D eigenvalue weighted by molar-refractivity contribution is 0.629. The number of aromatic nitrogens is 1. The fourth-order valence-electron chi connectivity index (χ4n) is 2.00. The Morgan fingerprint density at radius 1 is 1.31 bits per heavy atom. The quantitative estimate of drug-likeness (QED) is 0.714. The van der Waals surface area contributed by atoms with Crippen molar-refractivity contribution in [2.75, 3.05) is 0 Å². The third-order valence-corrected chi connectivity index (χ3v) is 3.11. The Morgan fingerprint density at radius 3 is 2.62 bits per heavy atom. The summed E-state index contributed by atoms with van der Waals surface area (Å²) in [6, 6.07) is 2.75. The summed E-state index contributed by atoms with van der Waals surface area (Å²) in [7, 11) is 0. The van der Waals surface area contributed by atoms with Crippen LogP contribution in [0.25, 0.3) is 10.9 Å². The summed E-state index contributed by atoms with van der Waals surface area (Å²) < 4.78 is 13.2. The Morgan fingerprint density at radius 2 is 2.00 bits per heavy atom. The monoisotopic (exact) mass is 237 g/mol. The van der Waals surface area contributed by atoms with Gasteiger partial charge in [-0.25, -0.2) is 4.39 Å². The molecule has 0 aliphatic carbocycles. The molecule has 2 aromatic rings. The van der Waals surface area contributed by atoms with E-state index in [4.69, 9.17) is 11.6 Å². The predicted molar refractivity (Wildman–Crippen MR) is 65.5 cm³/mol.